The van der Waals surface area contributed by atoms with Crippen LogP contribution in [0.2, 0.25) is 0 Å². The molecule has 2 heterocycles. The van der Waals surface area contributed by atoms with Crippen LogP contribution in [-0.2, 0) is 4.74 Å². The van der Waals surface area contributed by atoms with E-state index in [4.69, 9.17) is 18.6 Å². The molecule has 0 aliphatic carbocycles. The van der Waals surface area contributed by atoms with Gasteiger partial charge in [-0.3, -0.25) is 4.79 Å². The molecule has 0 bridgehead atoms. The number of aromatic hydroxyl groups is 2. The Bertz CT molecular complexity index is 1270. The van der Waals surface area contributed by atoms with E-state index >= 15 is 0 Å². The smallest absolute Gasteiger partial charge is 0.197 e. The molecular weight excluding hydrogens is 452 g/mol. The number of aliphatic hydroxyl groups is 4. The number of methoxy groups -OCH3 is 2. The molecule has 1 aliphatic heterocycles. The first-order valence-electron chi connectivity index (χ1n) is 10.3. The summed E-state index contributed by atoms with van der Waals surface area (Å²) in [4.78, 5) is 13.0. The quantitative estimate of drug-likeness (QED) is 0.300. The first kappa shape index (κ1) is 23.8. The van der Waals surface area contributed by atoms with Crippen molar-refractivity contribution in [3.8, 4) is 34.3 Å². The summed E-state index contributed by atoms with van der Waals surface area (Å²) >= 11 is 0. The Hall–Kier alpha value is -3.35. The van der Waals surface area contributed by atoms with E-state index in [1.165, 1.54) is 32.4 Å². The fraction of sp³-hybridized carbons (Fsp3) is 0.348. The van der Waals surface area contributed by atoms with Crippen LogP contribution in [0.3, 0.4) is 0 Å². The number of hydrogen-bond acceptors (Lipinski definition) is 11. The molecule has 6 N–H and O–H groups in total. The zero-order chi connectivity index (χ0) is 24.7. The van der Waals surface area contributed by atoms with Crippen molar-refractivity contribution in [1.29, 1.82) is 0 Å². The van der Waals surface area contributed by atoms with Crippen LogP contribution in [0.5, 0.6) is 23.0 Å². The van der Waals surface area contributed by atoms with Crippen LogP contribution in [0.25, 0.3) is 22.3 Å². The lowest BCUT2D eigenvalue weighted by atomic mass is 9.89. The predicted octanol–water partition coefficient (Wildman–Crippen LogP) is 0.403. The van der Waals surface area contributed by atoms with Gasteiger partial charge in [-0.2, -0.15) is 0 Å². The van der Waals surface area contributed by atoms with E-state index < -0.39 is 48.3 Å². The normalized spacial score (nSPS) is 24.8. The van der Waals surface area contributed by atoms with Crippen LogP contribution < -0.4 is 14.9 Å². The van der Waals surface area contributed by atoms with Crippen molar-refractivity contribution in [1.82, 2.24) is 0 Å². The average Bonchev–Trinajstić information content (AvgIpc) is 2.83. The lowest BCUT2D eigenvalue weighted by Crippen LogP contribution is -2.55. The Morgan fingerprint density at radius 2 is 1.62 bits per heavy atom. The molecule has 3 aromatic rings. The number of aliphatic hydroxyl groups excluding tert-OH is 4. The second kappa shape index (κ2) is 9.12. The van der Waals surface area contributed by atoms with Crippen molar-refractivity contribution in [2.45, 2.75) is 30.5 Å². The van der Waals surface area contributed by atoms with Gasteiger partial charge < -0.3 is 49.3 Å². The second-order valence-corrected chi connectivity index (χ2v) is 7.83. The van der Waals surface area contributed by atoms with Crippen LogP contribution in [0.4, 0.5) is 0 Å². The molecular formula is C23H24O11. The summed E-state index contributed by atoms with van der Waals surface area (Å²) in [6.45, 7) is -0.664. The van der Waals surface area contributed by atoms with Gasteiger partial charge in [-0.15, -0.1) is 0 Å². The molecule has 0 spiro atoms. The van der Waals surface area contributed by atoms with Gasteiger partial charge in [0.05, 0.1) is 26.4 Å². The molecule has 5 atom stereocenters. The molecule has 0 amide bonds. The van der Waals surface area contributed by atoms with E-state index in [0.29, 0.717) is 5.56 Å². The summed E-state index contributed by atoms with van der Waals surface area (Å²) in [6, 6.07) is 6.54. The summed E-state index contributed by atoms with van der Waals surface area (Å²) in [5.41, 5.74) is -0.488. The molecule has 1 fully saturated rings. The molecule has 1 saturated heterocycles. The average molecular weight is 476 g/mol. The topological polar surface area (TPSA) is 179 Å². The maximum atomic E-state index is 13.0. The Kier molecular flexibility index (Phi) is 6.39. The number of phenols is 2. The fourth-order valence-corrected chi connectivity index (χ4v) is 4.06. The Labute approximate surface area is 192 Å². The molecule has 2 aromatic carbocycles. The zero-order valence-electron chi connectivity index (χ0n) is 18.2. The highest BCUT2D eigenvalue weighted by molar-refractivity contribution is 5.89. The van der Waals surface area contributed by atoms with Crippen molar-refractivity contribution in [3.05, 3.63) is 46.1 Å². The van der Waals surface area contributed by atoms with E-state index in [2.05, 4.69) is 0 Å². The molecule has 1 aliphatic rings. The number of rotatable bonds is 5. The van der Waals surface area contributed by atoms with Gasteiger partial charge in [-0.1, -0.05) is 0 Å². The standard InChI is InChI=1S/C23H24O11/c1-31-14-5-9(3-4-10(14)25)13-6-11(26)17-12(27)7-15(32-2)18(22(17)33-13)23-21(30)20(29)19(28)16(8-24)34-23/h3-7,16,19-21,23-25,27-30H,8H2,1-2H3/t16-,19-,20+,21-,23+/m1/s1. The zero-order valence-corrected chi connectivity index (χ0v) is 18.2. The predicted molar refractivity (Wildman–Crippen MR) is 117 cm³/mol. The van der Waals surface area contributed by atoms with Crippen LogP contribution >= 0.6 is 0 Å². The van der Waals surface area contributed by atoms with Gasteiger partial charge in [0.25, 0.3) is 0 Å². The van der Waals surface area contributed by atoms with Crippen LogP contribution in [0.1, 0.15) is 11.7 Å². The first-order chi connectivity index (χ1) is 16.2. The number of ether oxygens (including phenoxy) is 3. The summed E-state index contributed by atoms with van der Waals surface area (Å²) < 4.78 is 22.1. The second-order valence-electron chi connectivity index (χ2n) is 7.83. The SMILES string of the molecule is COc1cc(-c2cc(=O)c3c(O)cc(OC)c([C@@H]4O[C@H](CO)[C@@H](O)[C@H](O)[C@H]4O)c3o2)ccc1O. The van der Waals surface area contributed by atoms with Crippen molar-refractivity contribution < 1.29 is 49.3 Å². The molecule has 11 nitrogen and oxygen atoms in total. The molecule has 34 heavy (non-hydrogen) atoms. The van der Waals surface area contributed by atoms with E-state index in [9.17, 15) is 35.4 Å². The highest BCUT2D eigenvalue weighted by Gasteiger charge is 2.46. The summed E-state index contributed by atoms with van der Waals surface area (Å²) in [5, 5.41) is 60.8. The number of fused-ring (bicyclic) bond motifs is 1. The van der Waals surface area contributed by atoms with Crippen LogP contribution in [-0.4, -0.2) is 75.9 Å². The van der Waals surface area contributed by atoms with Gasteiger partial charge in [0.1, 0.15) is 53.2 Å². The third kappa shape index (κ3) is 3.83. The van der Waals surface area contributed by atoms with Crippen LogP contribution in [0, 0.1) is 0 Å². The summed E-state index contributed by atoms with van der Waals surface area (Å²) in [5.74, 6) is -0.449. The van der Waals surface area contributed by atoms with Gasteiger partial charge in [0.2, 0.25) is 0 Å². The molecule has 0 unspecified atom stereocenters. The fourth-order valence-electron chi connectivity index (χ4n) is 4.06. The van der Waals surface area contributed by atoms with Gasteiger partial charge >= 0.3 is 0 Å². The van der Waals surface area contributed by atoms with Crippen molar-refractivity contribution in [3.63, 3.8) is 0 Å². The van der Waals surface area contributed by atoms with Crippen LogP contribution in [0.15, 0.2) is 39.5 Å². The van der Waals surface area contributed by atoms with Crippen molar-refractivity contribution >= 4 is 11.0 Å². The van der Waals surface area contributed by atoms with Gasteiger partial charge in [0, 0.05) is 17.7 Å². The summed E-state index contributed by atoms with van der Waals surface area (Å²) in [7, 11) is 2.64. The molecule has 11 heteroatoms. The first-order valence-corrected chi connectivity index (χ1v) is 10.3. The van der Waals surface area contributed by atoms with Gasteiger partial charge in [-0.05, 0) is 18.2 Å². The van der Waals surface area contributed by atoms with E-state index in [0.717, 1.165) is 12.1 Å². The molecule has 1 aromatic heterocycles. The highest BCUT2D eigenvalue weighted by atomic mass is 16.5. The molecule has 4 rings (SSSR count). The summed E-state index contributed by atoms with van der Waals surface area (Å²) in [6.07, 6.45) is -7.62. The maximum absolute atomic E-state index is 13.0. The van der Waals surface area contributed by atoms with Gasteiger partial charge in [-0.25, -0.2) is 0 Å². The van der Waals surface area contributed by atoms with Crippen molar-refractivity contribution in [2.75, 3.05) is 20.8 Å². The Balaban J connectivity index is 1.99. The minimum absolute atomic E-state index is 0.0168. The monoisotopic (exact) mass is 476 g/mol. The molecule has 0 radical (unpaired) electrons. The Morgan fingerprint density at radius 1 is 0.912 bits per heavy atom. The Morgan fingerprint density at radius 3 is 2.26 bits per heavy atom. The molecule has 182 valence electrons. The van der Waals surface area contributed by atoms with E-state index in [1.54, 1.807) is 0 Å². The minimum atomic E-state index is -1.69. The largest absolute Gasteiger partial charge is 0.507 e. The third-order valence-corrected chi connectivity index (χ3v) is 5.84. The highest BCUT2D eigenvalue weighted by Crippen LogP contribution is 2.44. The van der Waals surface area contributed by atoms with Crippen molar-refractivity contribution in [2.24, 2.45) is 0 Å². The van der Waals surface area contributed by atoms with E-state index in [-0.39, 0.29) is 39.5 Å². The minimum Gasteiger partial charge on any atom is -0.507 e. The lowest BCUT2D eigenvalue weighted by molar-refractivity contribution is -0.231. The number of phenolic OH excluding ortho intramolecular Hbond substituents is 2. The number of benzene rings is 2. The van der Waals surface area contributed by atoms with Gasteiger partial charge in [0.15, 0.2) is 22.5 Å². The third-order valence-electron chi connectivity index (χ3n) is 5.84. The lowest BCUT2D eigenvalue weighted by Gasteiger charge is -2.40. The molecule has 0 saturated carbocycles. The maximum Gasteiger partial charge on any atom is 0.197 e. The number of hydrogen-bond donors (Lipinski definition) is 6. The van der Waals surface area contributed by atoms with E-state index in [1.807, 2.05) is 0 Å².